The Hall–Kier alpha value is -4.61. The molecule has 12 heteroatoms. The Kier molecular flexibility index (Phi) is 6.62. The Bertz CT molecular complexity index is 1620. The number of aromatic nitrogens is 4. The molecule has 0 saturated carbocycles. The zero-order chi connectivity index (χ0) is 27.8. The summed E-state index contributed by atoms with van der Waals surface area (Å²) in [6.45, 7) is 0.202. The van der Waals surface area contributed by atoms with Crippen molar-refractivity contribution in [1.82, 2.24) is 19.5 Å². The highest BCUT2D eigenvalue weighted by atomic mass is 19.4. The highest BCUT2D eigenvalue weighted by Gasteiger charge is 2.31. The maximum absolute atomic E-state index is 13.2. The van der Waals surface area contributed by atoms with Gasteiger partial charge >= 0.3 is 12.4 Å². The number of fused-ring (bicyclic) bond motifs is 1. The largest absolute Gasteiger partial charge is 0.416 e. The average Bonchev–Trinajstić information content (AvgIpc) is 3.29. The van der Waals surface area contributed by atoms with Crippen molar-refractivity contribution in [3.05, 3.63) is 101 Å². The molecule has 0 atom stereocenters. The van der Waals surface area contributed by atoms with Gasteiger partial charge in [0.15, 0.2) is 17.3 Å². The third kappa shape index (κ3) is 5.79. The Morgan fingerprint density at radius 2 is 1.49 bits per heavy atom. The number of imidazole rings is 1. The summed E-state index contributed by atoms with van der Waals surface area (Å²) < 4.78 is 80.0. The van der Waals surface area contributed by atoms with Crippen LogP contribution in [0.3, 0.4) is 0 Å². The smallest absolute Gasteiger partial charge is 0.399 e. The van der Waals surface area contributed by atoms with Gasteiger partial charge in [0.25, 0.3) is 0 Å². The lowest BCUT2D eigenvalue weighted by Gasteiger charge is -2.12. The molecule has 3 aromatic carbocycles. The number of anilines is 2. The number of nitrogen functional groups attached to an aromatic ring is 1. The molecule has 3 N–H and O–H groups in total. The second-order valence-corrected chi connectivity index (χ2v) is 8.81. The van der Waals surface area contributed by atoms with Gasteiger partial charge in [-0.05, 0) is 47.5 Å². The molecule has 5 aromatic rings. The van der Waals surface area contributed by atoms with Crippen LogP contribution in [0.1, 0.15) is 22.3 Å². The molecule has 2 heterocycles. The van der Waals surface area contributed by atoms with E-state index in [4.69, 9.17) is 5.73 Å². The fourth-order valence-corrected chi connectivity index (χ4v) is 4.03. The molecule has 0 saturated heterocycles. The first-order valence-corrected chi connectivity index (χ1v) is 11.6. The lowest BCUT2D eigenvalue weighted by atomic mass is 10.1. The van der Waals surface area contributed by atoms with Crippen molar-refractivity contribution in [2.75, 3.05) is 11.1 Å². The highest BCUT2D eigenvalue weighted by molar-refractivity contribution is 5.85. The van der Waals surface area contributed by atoms with Gasteiger partial charge in [-0.1, -0.05) is 36.4 Å². The average molecular weight is 542 g/mol. The monoisotopic (exact) mass is 542 g/mol. The van der Waals surface area contributed by atoms with E-state index in [2.05, 4.69) is 20.3 Å². The predicted octanol–water partition coefficient (Wildman–Crippen LogP) is 6.77. The summed E-state index contributed by atoms with van der Waals surface area (Å²) in [5.74, 6) is 0.566. The number of hydrogen-bond donors (Lipinski definition) is 2. The maximum Gasteiger partial charge on any atom is 0.416 e. The van der Waals surface area contributed by atoms with Crippen molar-refractivity contribution < 1.29 is 26.3 Å². The van der Waals surface area contributed by atoms with Gasteiger partial charge in [-0.3, -0.25) is 0 Å². The maximum atomic E-state index is 13.2. The van der Waals surface area contributed by atoms with E-state index in [-0.39, 0.29) is 24.7 Å². The molecule has 5 rings (SSSR count). The third-order valence-electron chi connectivity index (χ3n) is 5.96. The molecule has 0 fully saturated rings. The molecule has 0 aliphatic heterocycles. The van der Waals surface area contributed by atoms with Crippen LogP contribution >= 0.6 is 0 Å². The molecule has 39 heavy (non-hydrogen) atoms. The Morgan fingerprint density at radius 3 is 2.18 bits per heavy atom. The van der Waals surface area contributed by atoms with Crippen molar-refractivity contribution in [2.45, 2.75) is 25.4 Å². The van der Waals surface area contributed by atoms with Crippen molar-refractivity contribution in [3.63, 3.8) is 0 Å². The molecule has 2 aromatic heterocycles. The van der Waals surface area contributed by atoms with Crippen molar-refractivity contribution >= 4 is 22.7 Å². The van der Waals surface area contributed by atoms with E-state index in [0.29, 0.717) is 33.5 Å². The predicted molar refractivity (Wildman–Crippen MR) is 134 cm³/mol. The fraction of sp³-hybridized carbons (Fsp3) is 0.148. The first kappa shape index (κ1) is 26.0. The van der Waals surface area contributed by atoms with Gasteiger partial charge in [-0.2, -0.15) is 26.3 Å². The topological polar surface area (TPSA) is 81.6 Å². The summed E-state index contributed by atoms with van der Waals surface area (Å²) in [5.41, 5.74) is 7.18. The molecular formula is C27H20F6N6. The van der Waals surface area contributed by atoms with Crippen LogP contribution in [-0.2, 0) is 25.4 Å². The van der Waals surface area contributed by atoms with Crippen molar-refractivity contribution in [2.24, 2.45) is 0 Å². The fourth-order valence-electron chi connectivity index (χ4n) is 4.03. The first-order valence-electron chi connectivity index (χ1n) is 11.6. The van der Waals surface area contributed by atoms with Gasteiger partial charge in [-0.25, -0.2) is 15.0 Å². The summed E-state index contributed by atoms with van der Waals surface area (Å²) in [6, 6.07) is 16.5. The molecule has 0 unspecified atom stereocenters. The number of nitrogens with two attached hydrogens (primary N) is 1. The Morgan fingerprint density at radius 1 is 0.769 bits per heavy atom. The second kappa shape index (κ2) is 9.93. The summed E-state index contributed by atoms with van der Waals surface area (Å²) >= 11 is 0. The molecule has 200 valence electrons. The number of alkyl halides is 6. The number of nitrogens with one attached hydrogen (secondary N) is 1. The summed E-state index contributed by atoms with van der Waals surface area (Å²) in [5, 5.41) is 3.06. The number of rotatable bonds is 6. The van der Waals surface area contributed by atoms with Crippen LogP contribution in [0, 0.1) is 0 Å². The summed E-state index contributed by atoms with van der Waals surface area (Å²) in [7, 11) is 0. The molecule has 0 aliphatic rings. The Labute approximate surface area is 218 Å². The molecule has 0 bridgehead atoms. The number of benzene rings is 3. The zero-order valence-corrected chi connectivity index (χ0v) is 20.1. The van der Waals surface area contributed by atoms with E-state index >= 15 is 0 Å². The van der Waals surface area contributed by atoms with E-state index in [1.807, 2.05) is 0 Å². The highest BCUT2D eigenvalue weighted by Crippen LogP contribution is 2.31. The SMILES string of the molecule is Nc1cccc(-c2nc(NCc3cccc(C(F)(F)F)c3)c3ncn(Cc4ccc(C(F)(F)F)cc4)c3n2)c1. The van der Waals surface area contributed by atoms with Crippen LogP contribution in [0.15, 0.2) is 79.1 Å². The van der Waals surface area contributed by atoms with Gasteiger partial charge in [0, 0.05) is 17.8 Å². The Balaban J connectivity index is 1.51. The molecular weight excluding hydrogens is 522 g/mol. The molecule has 0 amide bonds. The number of hydrogen-bond acceptors (Lipinski definition) is 5. The van der Waals surface area contributed by atoms with Crippen LogP contribution in [0.2, 0.25) is 0 Å². The molecule has 0 spiro atoms. The van der Waals surface area contributed by atoms with E-state index in [0.717, 1.165) is 24.3 Å². The van der Waals surface area contributed by atoms with Gasteiger partial charge in [0.2, 0.25) is 0 Å². The van der Waals surface area contributed by atoms with E-state index in [9.17, 15) is 26.3 Å². The molecule has 0 aliphatic carbocycles. The zero-order valence-electron chi connectivity index (χ0n) is 20.1. The van der Waals surface area contributed by atoms with Crippen LogP contribution in [0.5, 0.6) is 0 Å². The number of halogens is 6. The number of nitrogens with zero attached hydrogens (tertiary/aromatic N) is 4. The standard InChI is InChI=1S/C27H20F6N6/c28-26(29,30)19-9-7-16(8-10-19)14-39-15-36-22-24(35-13-17-3-1-5-20(11-17)27(31,32)33)37-23(38-25(22)39)18-4-2-6-21(34)12-18/h1-12,15H,13-14,34H2,(H,35,37,38). The minimum Gasteiger partial charge on any atom is -0.399 e. The normalized spacial score (nSPS) is 12.2. The molecule has 0 radical (unpaired) electrons. The van der Waals surface area contributed by atoms with E-state index in [1.54, 1.807) is 34.9 Å². The van der Waals surface area contributed by atoms with E-state index < -0.39 is 23.5 Å². The summed E-state index contributed by atoms with van der Waals surface area (Å²) in [4.78, 5) is 13.6. The van der Waals surface area contributed by atoms with Gasteiger partial charge in [0.05, 0.1) is 24.0 Å². The summed E-state index contributed by atoms with van der Waals surface area (Å²) in [6.07, 6.45) is -7.44. The van der Waals surface area contributed by atoms with Crippen molar-refractivity contribution in [3.8, 4) is 11.4 Å². The lowest BCUT2D eigenvalue weighted by molar-refractivity contribution is -0.138. The van der Waals surface area contributed by atoms with Gasteiger partial charge in [0.1, 0.15) is 5.52 Å². The first-order chi connectivity index (χ1) is 18.5. The van der Waals surface area contributed by atoms with Crippen LogP contribution in [-0.4, -0.2) is 19.5 Å². The van der Waals surface area contributed by atoms with Gasteiger partial charge < -0.3 is 15.6 Å². The van der Waals surface area contributed by atoms with Gasteiger partial charge in [-0.15, -0.1) is 0 Å². The third-order valence-corrected chi connectivity index (χ3v) is 5.96. The minimum atomic E-state index is -4.48. The minimum absolute atomic E-state index is 0.0260. The van der Waals surface area contributed by atoms with E-state index in [1.165, 1.54) is 24.5 Å². The van der Waals surface area contributed by atoms with Crippen LogP contribution in [0.4, 0.5) is 37.8 Å². The second-order valence-electron chi connectivity index (χ2n) is 8.81. The lowest BCUT2D eigenvalue weighted by Crippen LogP contribution is -2.08. The van der Waals surface area contributed by atoms with Crippen LogP contribution < -0.4 is 11.1 Å². The quantitative estimate of drug-likeness (QED) is 0.183. The van der Waals surface area contributed by atoms with Crippen LogP contribution in [0.25, 0.3) is 22.6 Å². The molecule has 6 nitrogen and oxygen atoms in total. The van der Waals surface area contributed by atoms with Crippen molar-refractivity contribution in [1.29, 1.82) is 0 Å².